The number of rotatable bonds is 4. The number of phenolic OH excluding ortho intramolecular Hbond substituents is 1. The first-order valence-electron chi connectivity index (χ1n) is 6.74. The van der Waals surface area contributed by atoms with E-state index >= 15 is 0 Å². The molecule has 1 aromatic heterocycles. The zero-order chi connectivity index (χ0) is 16.4. The van der Waals surface area contributed by atoms with Gasteiger partial charge in [-0.1, -0.05) is 0 Å². The first-order chi connectivity index (χ1) is 11.1. The summed E-state index contributed by atoms with van der Waals surface area (Å²) in [5, 5.41) is 13.7. The van der Waals surface area contributed by atoms with Crippen LogP contribution in [0.3, 0.4) is 0 Å². The predicted molar refractivity (Wildman–Crippen MR) is 91.7 cm³/mol. The maximum absolute atomic E-state index is 9.79. The van der Waals surface area contributed by atoms with Crippen molar-refractivity contribution in [2.45, 2.75) is 0 Å². The van der Waals surface area contributed by atoms with Gasteiger partial charge in [-0.15, -0.1) is 0 Å². The van der Waals surface area contributed by atoms with Crippen molar-refractivity contribution in [1.82, 2.24) is 9.97 Å². The molecule has 0 aliphatic carbocycles. The van der Waals surface area contributed by atoms with E-state index in [9.17, 15) is 5.11 Å². The summed E-state index contributed by atoms with van der Waals surface area (Å²) in [4.78, 5) is 8.53. The summed E-state index contributed by atoms with van der Waals surface area (Å²) in [6, 6.07) is 8.80. The predicted octanol–water partition coefficient (Wildman–Crippen LogP) is 3.86. The number of hydrogen-bond acceptors (Lipinski definition) is 6. The Morgan fingerprint density at radius 1 is 1.04 bits per heavy atom. The third-order valence-corrected chi connectivity index (χ3v) is 4.02. The van der Waals surface area contributed by atoms with E-state index in [4.69, 9.17) is 9.47 Å². The van der Waals surface area contributed by atoms with Gasteiger partial charge in [-0.3, -0.25) is 0 Å². The average molecular weight is 376 g/mol. The van der Waals surface area contributed by atoms with Gasteiger partial charge in [-0.05, 0) is 34.1 Å². The van der Waals surface area contributed by atoms with Crippen LogP contribution in [-0.2, 0) is 0 Å². The van der Waals surface area contributed by atoms with Crippen molar-refractivity contribution < 1.29 is 14.6 Å². The Balaban J connectivity index is 2.08. The molecular formula is C16H14BrN3O3. The van der Waals surface area contributed by atoms with Crippen molar-refractivity contribution in [3.63, 3.8) is 0 Å². The number of nitrogens with one attached hydrogen (secondary N) is 1. The van der Waals surface area contributed by atoms with Crippen LogP contribution < -0.4 is 14.8 Å². The Hall–Kier alpha value is -2.54. The second-order valence-corrected chi connectivity index (χ2v) is 5.59. The summed E-state index contributed by atoms with van der Waals surface area (Å²) < 4.78 is 11.2. The van der Waals surface area contributed by atoms with Crippen LogP contribution in [0.5, 0.6) is 17.2 Å². The standard InChI is InChI=1S/C16H14BrN3O3/c1-22-14-6-10-12(7-15(14)23-2)18-8-19-16(10)20-9-3-4-11(17)13(21)5-9/h3-8,21H,1-2H3,(H,18,19,20). The van der Waals surface area contributed by atoms with E-state index < -0.39 is 0 Å². The van der Waals surface area contributed by atoms with Gasteiger partial charge in [-0.25, -0.2) is 9.97 Å². The van der Waals surface area contributed by atoms with Gasteiger partial charge >= 0.3 is 0 Å². The van der Waals surface area contributed by atoms with Crippen LogP contribution >= 0.6 is 15.9 Å². The van der Waals surface area contributed by atoms with Gasteiger partial charge in [0.25, 0.3) is 0 Å². The normalized spacial score (nSPS) is 10.6. The minimum absolute atomic E-state index is 0.146. The highest BCUT2D eigenvalue weighted by molar-refractivity contribution is 9.10. The lowest BCUT2D eigenvalue weighted by Crippen LogP contribution is -1.98. The molecule has 0 radical (unpaired) electrons. The molecule has 7 heteroatoms. The second-order valence-electron chi connectivity index (χ2n) is 4.74. The first-order valence-corrected chi connectivity index (χ1v) is 7.54. The fraction of sp³-hybridized carbons (Fsp3) is 0.125. The smallest absolute Gasteiger partial charge is 0.162 e. The summed E-state index contributed by atoms with van der Waals surface area (Å²) in [6.45, 7) is 0. The van der Waals surface area contributed by atoms with E-state index in [2.05, 4.69) is 31.2 Å². The Morgan fingerprint density at radius 2 is 1.78 bits per heavy atom. The van der Waals surface area contributed by atoms with Crippen LogP contribution in [0, 0.1) is 0 Å². The van der Waals surface area contributed by atoms with Crippen molar-refractivity contribution in [2.24, 2.45) is 0 Å². The summed E-state index contributed by atoms with van der Waals surface area (Å²) >= 11 is 3.26. The quantitative estimate of drug-likeness (QED) is 0.720. The number of phenols is 1. The number of ether oxygens (including phenoxy) is 2. The summed E-state index contributed by atoms with van der Waals surface area (Å²) in [6.07, 6.45) is 1.47. The summed E-state index contributed by atoms with van der Waals surface area (Å²) in [5.74, 6) is 1.95. The minimum atomic E-state index is 0.146. The molecule has 23 heavy (non-hydrogen) atoms. The minimum Gasteiger partial charge on any atom is -0.507 e. The Bertz CT molecular complexity index is 871. The molecule has 0 unspecified atom stereocenters. The Morgan fingerprint density at radius 3 is 2.48 bits per heavy atom. The first kappa shape index (κ1) is 15.4. The van der Waals surface area contributed by atoms with E-state index in [1.807, 2.05) is 12.1 Å². The SMILES string of the molecule is COc1cc2ncnc(Nc3ccc(Br)c(O)c3)c2cc1OC. The van der Waals surface area contributed by atoms with Crippen LogP contribution in [0.1, 0.15) is 0 Å². The van der Waals surface area contributed by atoms with E-state index in [0.29, 0.717) is 27.5 Å². The monoisotopic (exact) mass is 375 g/mol. The third kappa shape index (κ3) is 3.00. The molecule has 3 aromatic rings. The van der Waals surface area contributed by atoms with Gasteiger partial charge in [0, 0.05) is 23.2 Å². The van der Waals surface area contributed by atoms with Gasteiger partial charge < -0.3 is 19.9 Å². The fourth-order valence-corrected chi connectivity index (χ4v) is 2.46. The number of hydrogen-bond donors (Lipinski definition) is 2. The molecule has 6 nitrogen and oxygen atoms in total. The van der Waals surface area contributed by atoms with E-state index in [1.54, 1.807) is 32.4 Å². The van der Waals surface area contributed by atoms with Crippen molar-refractivity contribution in [3.8, 4) is 17.2 Å². The van der Waals surface area contributed by atoms with Crippen LogP contribution in [0.2, 0.25) is 0 Å². The Kier molecular flexibility index (Phi) is 4.20. The third-order valence-electron chi connectivity index (χ3n) is 3.35. The molecule has 1 heterocycles. The van der Waals surface area contributed by atoms with Gasteiger partial charge in [0.1, 0.15) is 17.9 Å². The molecule has 3 rings (SSSR count). The van der Waals surface area contributed by atoms with Crippen LogP contribution in [0.25, 0.3) is 10.9 Å². The van der Waals surface area contributed by atoms with Gasteiger partial charge in [0.05, 0.1) is 24.2 Å². The average Bonchev–Trinajstić information content (AvgIpc) is 2.57. The number of aromatic nitrogens is 2. The highest BCUT2D eigenvalue weighted by Gasteiger charge is 2.11. The highest BCUT2D eigenvalue weighted by atomic mass is 79.9. The number of methoxy groups -OCH3 is 2. The number of anilines is 2. The topological polar surface area (TPSA) is 76.5 Å². The van der Waals surface area contributed by atoms with Gasteiger partial charge in [-0.2, -0.15) is 0 Å². The molecule has 2 N–H and O–H groups in total. The molecule has 0 amide bonds. The fourth-order valence-electron chi connectivity index (χ4n) is 2.21. The van der Waals surface area contributed by atoms with Crippen molar-refractivity contribution in [3.05, 3.63) is 41.1 Å². The lowest BCUT2D eigenvalue weighted by atomic mass is 10.2. The summed E-state index contributed by atoms with van der Waals surface area (Å²) in [5.41, 5.74) is 1.43. The zero-order valence-electron chi connectivity index (χ0n) is 12.5. The number of benzene rings is 2. The van der Waals surface area contributed by atoms with E-state index in [1.165, 1.54) is 6.33 Å². The molecule has 0 aliphatic rings. The molecular weight excluding hydrogens is 362 g/mol. The molecule has 0 saturated carbocycles. The molecule has 0 fully saturated rings. The maximum Gasteiger partial charge on any atom is 0.162 e. The van der Waals surface area contributed by atoms with E-state index in [0.717, 1.165) is 10.9 Å². The lowest BCUT2D eigenvalue weighted by molar-refractivity contribution is 0.356. The van der Waals surface area contributed by atoms with Gasteiger partial charge in [0.2, 0.25) is 0 Å². The molecule has 0 spiro atoms. The number of halogens is 1. The van der Waals surface area contributed by atoms with Crippen molar-refractivity contribution >= 4 is 38.3 Å². The van der Waals surface area contributed by atoms with Crippen molar-refractivity contribution in [2.75, 3.05) is 19.5 Å². The van der Waals surface area contributed by atoms with Crippen LogP contribution in [-0.4, -0.2) is 29.3 Å². The summed E-state index contributed by atoms with van der Waals surface area (Å²) in [7, 11) is 3.15. The molecule has 0 bridgehead atoms. The van der Waals surface area contributed by atoms with Crippen LogP contribution in [0.15, 0.2) is 41.1 Å². The molecule has 0 atom stereocenters. The maximum atomic E-state index is 9.79. The number of nitrogens with zero attached hydrogens (tertiary/aromatic N) is 2. The van der Waals surface area contributed by atoms with E-state index in [-0.39, 0.29) is 5.75 Å². The second kappa shape index (κ2) is 6.29. The molecule has 0 aliphatic heterocycles. The van der Waals surface area contributed by atoms with Crippen LogP contribution in [0.4, 0.5) is 11.5 Å². The molecule has 118 valence electrons. The highest BCUT2D eigenvalue weighted by Crippen LogP contribution is 2.35. The molecule has 2 aromatic carbocycles. The molecule has 0 saturated heterocycles. The number of aromatic hydroxyl groups is 1. The number of fused-ring (bicyclic) bond motifs is 1. The largest absolute Gasteiger partial charge is 0.507 e. The van der Waals surface area contributed by atoms with Crippen molar-refractivity contribution in [1.29, 1.82) is 0 Å². The zero-order valence-corrected chi connectivity index (χ0v) is 14.1. The van der Waals surface area contributed by atoms with Gasteiger partial charge in [0.15, 0.2) is 11.5 Å². The lowest BCUT2D eigenvalue weighted by Gasteiger charge is -2.12. The Labute approximate surface area is 141 Å².